The Hall–Kier alpha value is -3.52. The van der Waals surface area contributed by atoms with Crippen LogP contribution in [0.1, 0.15) is 32.0 Å². The summed E-state index contributed by atoms with van der Waals surface area (Å²) in [5.41, 5.74) is 5.53. The molecule has 0 saturated heterocycles. The molecule has 2 amide bonds. The average Bonchev–Trinajstić information content (AvgIpc) is 2.62. The largest absolute Gasteiger partial charge is 0.420 e. The minimum atomic E-state index is -0.855. The number of hydrogen-bond donors (Lipinski definition) is 3. The number of fused-ring (bicyclic) bond motifs is 1. The predicted molar refractivity (Wildman–Crippen MR) is 93.9 cm³/mol. The van der Waals surface area contributed by atoms with Crippen LogP contribution in [0.25, 0.3) is 11.0 Å². The standard InChI is InChI=1S/C18H15N3O5/c1-9-15-12(10(8-22)7-20-9)6-13(18(25)26-15)17(24)21-14-5-3-2-4-11(14)16(19)23/h2-7,22H,8H2,1H3,(H2,19,23)(H,21,24). The molecule has 8 nitrogen and oxygen atoms in total. The quantitative estimate of drug-likeness (QED) is 0.647. The molecule has 8 heteroatoms. The molecule has 0 aliphatic heterocycles. The summed E-state index contributed by atoms with van der Waals surface area (Å²) in [4.78, 5) is 40.3. The van der Waals surface area contributed by atoms with E-state index in [2.05, 4.69) is 10.3 Å². The summed E-state index contributed by atoms with van der Waals surface area (Å²) in [6, 6.07) is 7.50. The monoisotopic (exact) mass is 353 g/mol. The summed E-state index contributed by atoms with van der Waals surface area (Å²) in [5.74, 6) is -1.47. The zero-order valence-electron chi connectivity index (χ0n) is 13.8. The Labute approximate surface area is 147 Å². The maximum absolute atomic E-state index is 12.5. The summed E-state index contributed by atoms with van der Waals surface area (Å²) in [6.45, 7) is 1.32. The zero-order chi connectivity index (χ0) is 18.8. The van der Waals surface area contributed by atoms with Crippen molar-refractivity contribution in [1.82, 2.24) is 4.98 Å². The molecule has 0 saturated carbocycles. The van der Waals surface area contributed by atoms with Crippen molar-refractivity contribution in [3.05, 3.63) is 69.3 Å². The van der Waals surface area contributed by atoms with Gasteiger partial charge in [0, 0.05) is 17.1 Å². The van der Waals surface area contributed by atoms with Gasteiger partial charge < -0.3 is 20.6 Å². The van der Waals surface area contributed by atoms with Crippen molar-refractivity contribution in [1.29, 1.82) is 0 Å². The third-order valence-corrected chi connectivity index (χ3v) is 3.89. The number of benzene rings is 1. The molecule has 132 valence electrons. The van der Waals surface area contributed by atoms with Crippen molar-refractivity contribution in [2.45, 2.75) is 13.5 Å². The van der Waals surface area contributed by atoms with Crippen LogP contribution < -0.4 is 16.7 Å². The molecular weight excluding hydrogens is 338 g/mol. The number of aliphatic hydroxyl groups is 1. The maximum Gasteiger partial charge on any atom is 0.349 e. The number of nitrogens with two attached hydrogens (primary N) is 1. The number of carbonyl (C=O) groups is 2. The lowest BCUT2D eigenvalue weighted by molar-refractivity contribution is 0.100. The van der Waals surface area contributed by atoms with Gasteiger partial charge in [0.1, 0.15) is 5.56 Å². The van der Waals surface area contributed by atoms with Gasteiger partial charge in [-0.25, -0.2) is 4.79 Å². The third kappa shape index (κ3) is 3.05. The summed E-state index contributed by atoms with van der Waals surface area (Å²) >= 11 is 0. The number of anilines is 1. The molecule has 0 aliphatic carbocycles. The topological polar surface area (TPSA) is 136 Å². The fourth-order valence-electron chi connectivity index (χ4n) is 2.56. The molecule has 4 N–H and O–H groups in total. The number of aliphatic hydroxyl groups excluding tert-OH is 1. The van der Waals surface area contributed by atoms with E-state index in [1.165, 1.54) is 24.4 Å². The minimum absolute atomic E-state index is 0.113. The Morgan fingerprint density at radius 2 is 2.00 bits per heavy atom. The molecule has 1 aromatic carbocycles. The predicted octanol–water partition coefficient (Wildman–Crippen LogP) is 1.34. The van der Waals surface area contributed by atoms with Crippen LogP contribution in [0, 0.1) is 6.92 Å². The zero-order valence-corrected chi connectivity index (χ0v) is 13.8. The average molecular weight is 353 g/mol. The van der Waals surface area contributed by atoms with Gasteiger partial charge in [0.2, 0.25) is 0 Å². The van der Waals surface area contributed by atoms with Crippen molar-refractivity contribution < 1.29 is 19.1 Å². The lowest BCUT2D eigenvalue weighted by Crippen LogP contribution is -2.23. The van der Waals surface area contributed by atoms with E-state index in [4.69, 9.17) is 10.2 Å². The van der Waals surface area contributed by atoms with Gasteiger partial charge in [-0.15, -0.1) is 0 Å². The maximum atomic E-state index is 12.5. The van der Waals surface area contributed by atoms with Gasteiger partial charge in [-0.05, 0) is 25.1 Å². The van der Waals surface area contributed by atoms with Crippen LogP contribution >= 0.6 is 0 Å². The number of aromatic nitrogens is 1. The van der Waals surface area contributed by atoms with E-state index < -0.39 is 17.4 Å². The smallest absolute Gasteiger partial charge is 0.349 e. The first kappa shape index (κ1) is 17.3. The molecule has 3 rings (SSSR count). The van der Waals surface area contributed by atoms with E-state index >= 15 is 0 Å². The van der Waals surface area contributed by atoms with Crippen molar-refractivity contribution in [3.63, 3.8) is 0 Å². The molecule has 0 spiro atoms. The number of hydrogen-bond acceptors (Lipinski definition) is 6. The molecule has 2 aromatic heterocycles. The number of rotatable bonds is 4. The van der Waals surface area contributed by atoms with Crippen molar-refractivity contribution >= 4 is 28.5 Å². The molecule has 3 aromatic rings. The van der Waals surface area contributed by atoms with Gasteiger partial charge in [-0.2, -0.15) is 0 Å². The van der Waals surface area contributed by atoms with Crippen LogP contribution in [-0.2, 0) is 6.61 Å². The number of nitrogens with one attached hydrogen (secondary N) is 1. The molecule has 0 bridgehead atoms. The normalized spacial score (nSPS) is 10.7. The van der Waals surface area contributed by atoms with Gasteiger partial charge in [0.05, 0.1) is 23.6 Å². The fourth-order valence-corrected chi connectivity index (χ4v) is 2.56. The Balaban J connectivity index is 2.08. The molecule has 2 heterocycles. The first-order chi connectivity index (χ1) is 12.4. The fraction of sp³-hybridized carbons (Fsp3) is 0.111. The number of carbonyl (C=O) groups excluding carboxylic acids is 2. The SMILES string of the molecule is Cc1ncc(CO)c2cc(C(=O)Nc3ccccc3C(N)=O)c(=O)oc12. The van der Waals surface area contributed by atoms with Gasteiger partial charge in [-0.1, -0.05) is 12.1 Å². The van der Waals surface area contributed by atoms with Crippen LogP contribution in [0.5, 0.6) is 0 Å². The first-order valence-electron chi connectivity index (χ1n) is 7.65. The molecule has 0 unspecified atom stereocenters. The Kier molecular flexibility index (Phi) is 4.51. The van der Waals surface area contributed by atoms with Gasteiger partial charge >= 0.3 is 5.63 Å². The van der Waals surface area contributed by atoms with E-state index in [9.17, 15) is 19.5 Å². The van der Waals surface area contributed by atoms with E-state index in [1.807, 2.05) is 0 Å². The second-order valence-electron chi connectivity index (χ2n) is 5.58. The lowest BCUT2D eigenvalue weighted by Gasteiger charge is -2.10. The summed E-state index contributed by atoms with van der Waals surface area (Å²) < 4.78 is 5.22. The Morgan fingerprint density at radius 3 is 2.69 bits per heavy atom. The Morgan fingerprint density at radius 1 is 1.27 bits per heavy atom. The van der Waals surface area contributed by atoms with Crippen LogP contribution in [0.15, 0.2) is 45.7 Å². The van der Waals surface area contributed by atoms with Gasteiger partial charge in [-0.3, -0.25) is 14.6 Å². The highest BCUT2D eigenvalue weighted by Gasteiger charge is 2.18. The first-order valence-corrected chi connectivity index (χ1v) is 7.65. The number of nitrogens with zero attached hydrogens (tertiary/aromatic N) is 1. The number of pyridine rings is 1. The number of para-hydroxylation sites is 1. The Bertz CT molecular complexity index is 1090. The highest BCUT2D eigenvalue weighted by Crippen LogP contribution is 2.21. The second-order valence-corrected chi connectivity index (χ2v) is 5.58. The molecular formula is C18H15N3O5. The second kappa shape index (κ2) is 6.77. The molecule has 0 fully saturated rings. The van der Waals surface area contributed by atoms with Crippen LogP contribution in [0.4, 0.5) is 5.69 Å². The van der Waals surface area contributed by atoms with Crippen molar-refractivity contribution in [3.8, 4) is 0 Å². The molecule has 0 aliphatic rings. The highest BCUT2D eigenvalue weighted by atomic mass is 16.4. The van der Waals surface area contributed by atoms with Gasteiger partial charge in [0.15, 0.2) is 5.58 Å². The van der Waals surface area contributed by atoms with Crippen molar-refractivity contribution in [2.75, 3.05) is 5.32 Å². The molecule has 26 heavy (non-hydrogen) atoms. The summed E-state index contributed by atoms with van der Waals surface area (Å²) in [5, 5.41) is 12.3. The minimum Gasteiger partial charge on any atom is -0.420 e. The number of aryl methyl sites for hydroxylation is 1. The van der Waals surface area contributed by atoms with Gasteiger partial charge in [0.25, 0.3) is 11.8 Å². The summed E-state index contributed by atoms with van der Waals surface area (Å²) in [6.07, 6.45) is 1.45. The van der Waals surface area contributed by atoms with E-state index in [1.54, 1.807) is 19.1 Å². The summed E-state index contributed by atoms with van der Waals surface area (Å²) in [7, 11) is 0. The number of amides is 2. The third-order valence-electron chi connectivity index (χ3n) is 3.89. The highest BCUT2D eigenvalue weighted by molar-refractivity contribution is 6.09. The molecule has 0 radical (unpaired) electrons. The van der Waals surface area contributed by atoms with E-state index in [-0.39, 0.29) is 29.0 Å². The van der Waals surface area contributed by atoms with E-state index in [0.717, 1.165) is 0 Å². The number of primary amides is 1. The van der Waals surface area contributed by atoms with Crippen LogP contribution in [-0.4, -0.2) is 21.9 Å². The molecule has 0 atom stereocenters. The van der Waals surface area contributed by atoms with E-state index in [0.29, 0.717) is 16.6 Å². The van der Waals surface area contributed by atoms with Crippen LogP contribution in [0.3, 0.4) is 0 Å². The van der Waals surface area contributed by atoms with Crippen molar-refractivity contribution in [2.24, 2.45) is 5.73 Å². The van der Waals surface area contributed by atoms with Crippen LogP contribution in [0.2, 0.25) is 0 Å². The lowest BCUT2D eigenvalue weighted by atomic mass is 10.1.